The van der Waals surface area contributed by atoms with E-state index in [9.17, 15) is 4.79 Å². The Hall–Kier alpha value is -1.95. The van der Waals surface area contributed by atoms with Crippen LogP contribution in [0.1, 0.15) is 12.5 Å². The molecule has 2 N–H and O–H groups in total. The number of methoxy groups -OCH3 is 2. The number of anilines is 1. The van der Waals surface area contributed by atoms with Gasteiger partial charge in [0.1, 0.15) is 6.54 Å². The number of rotatable bonds is 7. The van der Waals surface area contributed by atoms with Gasteiger partial charge in [0.05, 0.1) is 37.5 Å². The van der Waals surface area contributed by atoms with E-state index >= 15 is 0 Å². The Balaban J connectivity index is 2.09. The molecule has 0 fully saturated rings. The highest BCUT2D eigenvalue weighted by Crippen LogP contribution is 2.30. The van der Waals surface area contributed by atoms with E-state index in [0.29, 0.717) is 33.8 Å². The smallest absolute Gasteiger partial charge is 0.282 e. The van der Waals surface area contributed by atoms with Gasteiger partial charge < -0.3 is 19.7 Å². The summed E-state index contributed by atoms with van der Waals surface area (Å²) in [5.41, 5.74) is 1.51. The van der Waals surface area contributed by atoms with Crippen molar-refractivity contribution in [3.8, 4) is 11.5 Å². The largest absolute Gasteiger partial charge is 0.493 e. The number of hydrogen-bond acceptors (Lipinski definition) is 3. The van der Waals surface area contributed by atoms with Gasteiger partial charge in [-0.05, 0) is 37.3 Å². The number of amides is 1. The maximum absolute atomic E-state index is 12.6. The van der Waals surface area contributed by atoms with Gasteiger partial charge in [0.2, 0.25) is 0 Å². The highest BCUT2D eigenvalue weighted by atomic mass is 35.5. The van der Waals surface area contributed by atoms with Crippen LogP contribution in [0.2, 0.25) is 10.0 Å². The fourth-order valence-electron chi connectivity index (χ4n) is 2.60. The van der Waals surface area contributed by atoms with Gasteiger partial charge in [0.25, 0.3) is 5.91 Å². The van der Waals surface area contributed by atoms with Crippen LogP contribution in [-0.4, -0.2) is 33.2 Å². The van der Waals surface area contributed by atoms with Crippen LogP contribution in [0.3, 0.4) is 0 Å². The Morgan fingerprint density at radius 3 is 2.54 bits per heavy atom. The van der Waals surface area contributed by atoms with E-state index < -0.39 is 0 Å². The van der Waals surface area contributed by atoms with Crippen molar-refractivity contribution in [1.29, 1.82) is 0 Å². The number of likely N-dealkylation sites (N-methyl/N-ethyl adjacent to an activating group) is 1. The lowest BCUT2D eigenvalue weighted by Crippen LogP contribution is -3.12. The number of carbonyl (C=O) groups excluding carboxylic acids is 1. The zero-order chi connectivity index (χ0) is 19.3. The first-order valence-corrected chi connectivity index (χ1v) is 8.91. The molecule has 0 radical (unpaired) electrons. The van der Waals surface area contributed by atoms with Crippen LogP contribution in [-0.2, 0) is 11.3 Å². The van der Waals surface area contributed by atoms with Gasteiger partial charge in [-0.3, -0.25) is 4.79 Å². The summed E-state index contributed by atoms with van der Waals surface area (Å²) in [7, 11) is 5.16. The SMILES string of the molecule is COc1cccc(C[NH+](C)[C@@H](C)C(=O)Nc2ccc(Cl)cc2Cl)c1OC. The molecule has 2 rings (SSSR count). The number of para-hydroxylation sites is 1. The van der Waals surface area contributed by atoms with Crippen LogP contribution >= 0.6 is 23.2 Å². The molecule has 5 nitrogen and oxygen atoms in total. The minimum absolute atomic E-state index is 0.131. The van der Waals surface area contributed by atoms with E-state index in [1.165, 1.54) is 0 Å². The van der Waals surface area contributed by atoms with Crippen LogP contribution < -0.4 is 19.7 Å². The van der Waals surface area contributed by atoms with Gasteiger partial charge in [-0.1, -0.05) is 29.3 Å². The van der Waals surface area contributed by atoms with Crippen LogP contribution in [0.25, 0.3) is 0 Å². The van der Waals surface area contributed by atoms with Crippen molar-refractivity contribution in [2.24, 2.45) is 0 Å². The number of benzene rings is 2. The summed E-state index contributed by atoms with van der Waals surface area (Å²) in [6, 6.07) is 10.4. The number of halogens is 2. The molecule has 0 heterocycles. The summed E-state index contributed by atoms with van der Waals surface area (Å²) >= 11 is 12.0. The third-order valence-corrected chi connectivity index (χ3v) is 4.82. The molecule has 0 bridgehead atoms. The molecule has 0 aliphatic heterocycles. The van der Waals surface area contributed by atoms with Crippen molar-refractivity contribution in [3.05, 3.63) is 52.0 Å². The molecular formula is C19H23Cl2N2O3+. The van der Waals surface area contributed by atoms with Crippen LogP contribution in [0.15, 0.2) is 36.4 Å². The molecule has 140 valence electrons. The van der Waals surface area contributed by atoms with Crippen molar-refractivity contribution in [3.63, 3.8) is 0 Å². The average Bonchev–Trinajstić information content (AvgIpc) is 2.62. The molecule has 26 heavy (non-hydrogen) atoms. The molecule has 1 unspecified atom stereocenters. The minimum Gasteiger partial charge on any atom is -0.493 e. The standard InChI is InChI=1S/C19H22Cl2N2O3/c1-12(19(24)22-16-9-8-14(20)10-15(16)21)23(2)11-13-6-5-7-17(25-3)18(13)26-4/h5-10,12H,11H2,1-4H3,(H,22,24)/p+1/t12-/m0/s1. The topological polar surface area (TPSA) is 52.0 Å². The van der Waals surface area contributed by atoms with E-state index in [-0.39, 0.29) is 11.9 Å². The minimum atomic E-state index is -0.308. The van der Waals surface area contributed by atoms with E-state index in [2.05, 4.69) is 5.32 Å². The number of carbonyl (C=O) groups is 1. The lowest BCUT2D eigenvalue weighted by Gasteiger charge is -2.22. The molecule has 0 saturated heterocycles. The van der Waals surface area contributed by atoms with Crippen LogP contribution in [0, 0.1) is 0 Å². The predicted octanol–water partition coefficient (Wildman–Crippen LogP) is 3.05. The van der Waals surface area contributed by atoms with Crippen molar-refractivity contribution in [2.75, 3.05) is 26.6 Å². The van der Waals surface area contributed by atoms with Gasteiger partial charge >= 0.3 is 0 Å². The summed E-state index contributed by atoms with van der Waals surface area (Å²) in [5.74, 6) is 1.22. The summed E-state index contributed by atoms with van der Waals surface area (Å²) < 4.78 is 10.8. The van der Waals surface area contributed by atoms with E-state index in [1.807, 2.05) is 32.2 Å². The highest BCUT2D eigenvalue weighted by Gasteiger charge is 2.24. The van der Waals surface area contributed by atoms with E-state index in [0.717, 1.165) is 10.5 Å². The van der Waals surface area contributed by atoms with Gasteiger partial charge in [-0.2, -0.15) is 0 Å². The van der Waals surface area contributed by atoms with E-state index in [1.54, 1.807) is 32.4 Å². The fourth-order valence-corrected chi connectivity index (χ4v) is 3.06. The van der Waals surface area contributed by atoms with Gasteiger partial charge in [0, 0.05) is 5.02 Å². The summed E-state index contributed by atoms with van der Waals surface area (Å²) in [6.07, 6.45) is 0. The third kappa shape index (κ3) is 4.81. The molecule has 0 spiro atoms. The quantitative estimate of drug-likeness (QED) is 0.754. The zero-order valence-electron chi connectivity index (χ0n) is 15.2. The molecule has 0 aliphatic rings. The molecule has 2 aromatic carbocycles. The maximum atomic E-state index is 12.6. The Morgan fingerprint density at radius 1 is 1.19 bits per heavy atom. The zero-order valence-corrected chi connectivity index (χ0v) is 16.7. The van der Waals surface area contributed by atoms with Gasteiger partial charge in [0.15, 0.2) is 17.5 Å². The van der Waals surface area contributed by atoms with E-state index in [4.69, 9.17) is 32.7 Å². The van der Waals surface area contributed by atoms with Crippen molar-refractivity contribution in [2.45, 2.75) is 19.5 Å². The second-order valence-corrected chi connectivity index (χ2v) is 6.85. The summed E-state index contributed by atoms with van der Waals surface area (Å²) in [5, 5.41) is 3.78. The second kappa shape index (κ2) is 9.12. The first kappa shape index (κ1) is 20.4. The normalized spacial score (nSPS) is 13.0. The Bertz CT molecular complexity index is 783. The molecule has 0 aromatic heterocycles. The average molecular weight is 398 g/mol. The highest BCUT2D eigenvalue weighted by molar-refractivity contribution is 6.36. The Kier molecular flexibility index (Phi) is 7.14. The molecule has 0 saturated carbocycles. The van der Waals surface area contributed by atoms with Crippen molar-refractivity contribution in [1.82, 2.24) is 0 Å². The second-order valence-electron chi connectivity index (χ2n) is 6.01. The molecule has 7 heteroatoms. The maximum Gasteiger partial charge on any atom is 0.282 e. The Morgan fingerprint density at radius 2 is 1.92 bits per heavy atom. The molecule has 1 amide bonds. The molecule has 2 aromatic rings. The number of ether oxygens (including phenoxy) is 2. The number of hydrogen-bond donors (Lipinski definition) is 2. The lowest BCUT2D eigenvalue weighted by molar-refractivity contribution is -0.907. The monoisotopic (exact) mass is 397 g/mol. The Labute approximate surface area is 163 Å². The first-order valence-electron chi connectivity index (χ1n) is 8.15. The number of nitrogens with one attached hydrogen (secondary N) is 2. The molecular weight excluding hydrogens is 375 g/mol. The summed E-state index contributed by atoms with van der Waals surface area (Å²) in [6.45, 7) is 2.46. The lowest BCUT2D eigenvalue weighted by atomic mass is 10.1. The van der Waals surface area contributed by atoms with Crippen LogP contribution in [0.4, 0.5) is 5.69 Å². The molecule has 2 atom stereocenters. The number of quaternary nitrogens is 1. The molecule has 0 aliphatic carbocycles. The van der Waals surface area contributed by atoms with Crippen molar-refractivity contribution < 1.29 is 19.2 Å². The fraction of sp³-hybridized carbons (Fsp3) is 0.316. The van der Waals surface area contributed by atoms with Crippen molar-refractivity contribution >= 4 is 34.8 Å². The van der Waals surface area contributed by atoms with Gasteiger partial charge in [-0.25, -0.2) is 0 Å². The van der Waals surface area contributed by atoms with Gasteiger partial charge in [-0.15, -0.1) is 0 Å². The first-order chi connectivity index (χ1) is 12.4. The predicted molar refractivity (Wildman–Crippen MR) is 105 cm³/mol. The third-order valence-electron chi connectivity index (χ3n) is 4.28. The summed E-state index contributed by atoms with van der Waals surface area (Å²) in [4.78, 5) is 13.6. The van der Waals surface area contributed by atoms with Crippen LogP contribution in [0.5, 0.6) is 11.5 Å².